The summed E-state index contributed by atoms with van der Waals surface area (Å²) in [5.41, 5.74) is 1.25. The lowest BCUT2D eigenvalue weighted by Gasteiger charge is -2.21. The molecule has 118 valence electrons. The van der Waals surface area contributed by atoms with Gasteiger partial charge in [-0.3, -0.25) is 14.4 Å². The molecular formula is C14H22N2O4S. The van der Waals surface area contributed by atoms with Crippen molar-refractivity contribution in [2.24, 2.45) is 0 Å². The average Bonchev–Trinajstić information content (AvgIpc) is 2.45. The number of sulfonamides is 1. The van der Waals surface area contributed by atoms with E-state index in [2.05, 4.69) is 9.62 Å². The van der Waals surface area contributed by atoms with Gasteiger partial charge in [-0.15, -0.1) is 0 Å². The van der Waals surface area contributed by atoms with E-state index in [-0.39, 0.29) is 0 Å². The second kappa shape index (κ2) is 7.42. The average molecular weight is 314 g/mol. The number of para-hydroxylation sites is 1. The van der Waals surface area contributed by atoms with Crippen LogP contribution in [0, 0.1) is 0 Å². The Bertz CT molecular complexity index is 582. The van der Waals surface area contributed by atoms with Gasteiger partial charge in [-0.1, -0.05) is 32.0 Å². The summed E-state index contributed by atoms with van der Waals surface area (Å²) in [6.45, 7) is 7.52. The van der Waals surface area contributed by atoms with Crippen LogP contribution < -0.4 is 4.72 Å². The number of anilines is 1. The molecule has 0 heterocycles. The Balaban J connectivity index is 3.01. The number of aliphatic carboxylic acids is 1. The van der Waals surface area contributed by atoms with Gasteiger partial charge in [-0.05, 0) is 31.6 Å². The lowest BCUT2D eigenvalue weighted by atomic mass is 10.1. The minimum Gasteiger partial charge on any atom is -0.480 e. The number of carboxylic acids is 1. The molecule has 0 amide bonds. The number of hydrogen-bond acceptors (Lipinski definition) is 4. The van der Waals surface area contributed by atoms with Crippen molar-refractivity contribution in [2.45, 2.75) is 32.6 Å². The molecule has 7 heteroatoms. The van der Waals surface area contributed by atoms with Crippen LogP contribution in [0.25, 0.3) is 0 Å². The van der Waals surface area contributed by atoms with Crippen LogP contribution in [0.15, 0.2) is 24.3 Å². The monoisotopic (exact) mass is 314 g/mol. The molecule has 0 aromatic heterocycles. The van der Waals surface area contributed by atoms with Crippen LogP contribution in [0.5, 0.6) is 0 Å². The van der Waals surface area contributed by atoms with Crippen molar-refractivity contribution >= 4 is 21.7 Å². The van der Waals surface area contributed by atoms with Gasteiger partial charge in [0.25, 0.3) is 0 Å². The maximum Gasteiger partial charge on any atom is 0.323 e. The van der Waals surface area contributed by atoms with Gasteiger partial charge in [0.15, 0.2) is 5.25 Å². The second-order valence-corrected chi connectivity index (χ2v) is 6.75. The van der Waals surface area contributed by atoms with Gasteiger partial charge in [0, 0.05) is 6.54 Å². The molecule has 1 rings (SSSR count). The Hall–Kier alpha value is -1.60. The first-order chi connectivity index (χ1) is 9.81. The lowest BCUT2D eigenvalue weighted by Crippen LogP contribution is -2.32. The quantitative estimate of drug-likeness (QED) is 0.763. The fourth-order valence-electron chi connectivity index (χ4n) is 1.82. The molecule has 0 fully saturated rings. The van der Waals surface area contributed by atoms with Gasteiger partial charge < -0.3 is 5.11 Å². The second-order valence-electron chi connectivity index (χ2n) is 4.75. The molecule has 0 bridgehead atoms. The zero-order valence-electron chi connectivity index (χ0n) is 12.5. The van der Waals surface area contributed by atoms with Gasteiger partial charge in [-0.2, -0.15) is 0 Å². The molecule has 1 atom stereocenters. The van der Waals surface area contributed by atoms with E-state index in [1.54, 1.807) is 12.1 Å². The molecule has 0 aliphatic heterocycles. The number of nitrogens with zero attached hydrogens (tertiary/aromatic N) is 1. The van der Waals surface area contributed by atoms with Gasteiger partial charge in [0.2, 0.25) is 10.0 Å². The van der Waals surface area contributed by atoms with Crippen LogP contribution in [0.4, 0.5) is 5.69 Å². The SMILES string of the molecule is CCN(CC)Cc1ccccc1NS(=O)(=O)C(C)C(=O)O. The van der Waals surface area contributed by atoms with Crippen molar-refractivity contribution in [2.75, 3.05) is 17.8 Å². The maximum atomic E-state index is 12.0. The summed E-state index contributed by atoms with van der Waals surface area (Å²) >= 11 is 0. The fraction of sp³-hybridized carbons (Fsp3) is 0.500. The predicted molar refractivity (Wildman–Crippen MR) is 82.7 cm³/mol. The van der Waals surface area contributed by atoms with E-state index in [0.29, 0.717) is 12.2 Å². The normalized spacial score (nSPS) is 13.1. The molecule has 0 saturated heterocycles. The zero-order chi connectivity index (χ0) is 16.0. The summed E-state index contributed by atoms with van der Waals surface area (Å²) in [5, 5.41) is 7.36. The summed E-state index contributed by atoms with van der Waals surface area (Å²) in [7, 11) is -3.95. The summed E-state index contributed by atoms with van der Waals surface area (Å²) in [6.07, 6.45) is 0. The number of carboxylic acid groups (broad SMARTS) is 1. The van der Waals surface area contributed by atoms with E-state index in [0.717, 1.165) is 25.6 Å². The molecule has 6 nitrogen and oxygen atoms in total. The van der Waals surface area contributed by atoms with Gasteiger partial charge in [0.1, 0.15) is 0 Å². The van der Waals surface area contributed by atoms with E-state index in [4.69, 9.17) is 5.11 Å². The molecule has 0 saturated carbocycles. The Morgan fingerprint density at radius 3 is 2.38 bits per heavy atom. The largest absolute Gasteiger partial charge is 0.480 e. The Morgan fingerprint density at radius 2 is 1.86 bits per heavy atom. The number of rotatable bonds is 8. The Morgan fingerprint density at radius 1 is 1.29 bits per heavy atom. The maximum absolute atomic E-state index is 12.0. The van der Waals surface area contributed by atoms with Crippen molar-refractivity contribution < 1.29 is 18.3 Å². The highest BCUT2D eigenvalue weighted by molar-refractivity contribution is 7.94. The van der Waals surface area contributed by atoms with Crippen molar-refractivity contribution in [1.82, 2.24) is 4.90 Å². The van der Waals surface area contributed by atoms with Crippen LogP contribution >= 0.6 is 0 Å². The molecule has 1 aromatic carbocycles. The zero-order valence-corrected chi connectivity index (χ0v) is 13.4. The van der Waals surface area contributed by atoms with Crippen molar-refractivity contribution in [1.29, 1.82) is 0 Å². The molecule has 2 N–H and O–H groups in total. The summed E-state index contributed by atoms with van der Waals surface area (Å²) in [5.74, 6) is -1.37. The molecule has 21 heavy (non-hydrogen) atoms. The minimum atomic E-state index is -3.95. The molecule has 0 aliphatic rings. The Kier molecular flexibility index (Phi) is 6.17. The highest BCUT2D eigenvalue weighted by atomic mass is 32.2. The van der Waals surface area contributed by atoms with Crippen molar-refractivity contribution in [3.63, 3.8) is 0 Å². The molecule has 0 spiro atoms. The van der Waals surface area contributed by atoms with Crippen molar-refractivity contribution in [3.05, 3.63) is 29.8 Å². The van der Waals surface area contributed by atoms with Crippen LogP contribution in [0.3, 0.4) is 0 Å². The molecule has 0 aliphatic carbocycles. The van der Waals surface area contributed by atoms with Crippen LogP contribution in [0.1, 0.15) is 26.3 Å². The van der Waals surface area contributed by atoms with Gasteiger partial charge >= 0.3 is 5.97 Å². The van der Waals surface area contributed by atoms with Crippen molar-refractivity contribution in [3.8, 4) is 0 Å². The molecule has 1 aromatic rings. The van der Waals surface area contributed by atoms with Crippen LogP contribution in [-0.2, 0) is 21.4 Å². The van der Waals surface area contributed by atoms with E-state index < -0.39 is 21.2 Å². The van der Waals surface area contributed by atoms with E-state index in [9.17, 15) is 13.2 Å². The number of hydrogen-bond donors (Lipinski definition) is 2. The number of carbonyl (C=O) groups is 1. The first-order valence-electron chi connectivity index (χ1n) is 6.86. The van der Waals surface area contributed by atoms with Gasteiger partial charge in [-0.25, -0.2) is 8.42 Å². The van der Waals surface area contributed by atoms with E-state index in [1.165, 1.54) is 0 Å². The third-order valence-electron chi connectivity index (χ3n) is 3.37. The lowest BCUT2D eigenvalue weighted by molar-refractivity contribution is -0.136. The van der Waals surface area contributed by atoms with E-state index in [1.807, 2.05) is 26.0 Å². The molecule has 0 radical (unpaired) electrons. The number of benzene rings is 1. The minimum absolute atomic E-state index is 0.428. The first kappa shape index (κ1) is 17.5. The highest BCUT2D eigenvalue weighted by Crippen LogP contribution is 2.20. The van der Waals surface area contributed by atoms with Crippen LogP contribution in [-0.4, -0.2) is 42.7 Å². The summed E-state index contributed by atoms with van der Waals surface area (Å²) in [4.78, 5) is 13.0. The molecular weight excluding hydrogens is 292 g/mol. The highest BCUT2D eigenvalue weighted by Gasteiger charge is 2.28. The first-order valence-corrected chi connectivity index (χ1v) is 8.41. The van der Waals surface area contributed by atoms with Gasteiger partial charge in [0.05, 0.1) is 5.69 Å². The third-order valence-corrected chi connectivity index (χ3v) is 5.01. The summed E-state index contributed by atoms with van der Waals surface area (Å²) in [6, 6.07) is 7.03. The van der Waals surface area contributed by atoms with E-state index >= 15 is 0 Å². The predicted octanol–water partition coefficient (Wildman–Crippen LogP) is 1.74. The number of nitrogens with one attached hydrogen (secondary N) is 1. The topological polar surface area (TPSA) is 86.7 Å². The molecule has 1 unspecified atom stereocenters. The summed E-state index contributed by atoms with van der Waals surface area (Å²) < 4.78 is 26.4. The Labute approximate surface area is 125 Å². The fourth-order valence-corrected chi connectivity index (χ4v) is 2.77. The smallest absolute Gasteiger partial charge is 0.323 e. The standard InChI is InChI=1S/C14H22N2O4S/c1-4-16(5-2)10-12-8-6-7-9-13(12)15-21(19,20)11(3)14(17)18/h6-9,11,15H,4-5,10H2,1-3H3,(H,17,18). The van der Waals surface area contributed by atoms with Crippen LogP contribution in [0.2, 0.25) is 0 Å². The third kappa shape index (κ3) is 4.71.